The lowest BCUT2D eigenvalue weighted by atomic mass is 10.2. The van der Waals surface area contributed by atoms with E-state index in [1.807, 2.05) is 60.7 Å². The van der Waals surface area contributed by atoms with E-state index in [9.17, 15) is 4.79 Å². The number of methoxy groups -OCH3 is 1. The molecule has 0 radical (unpaired) electrons. The third-order valence-electron chi connectivity index (χ3n) is 6.88. The topological polar surface area (TPSA) is 97.3 Å². The van der Waals surface area contributed by atoms with Gasteiger partial charge in [0.2, 0.25) is 12.6 Å². The van der Waals surface area contributed by atoms with Crippen molar-refractivity contribution >= 4 is 73.3 Å². The summed E-state index contributed by atoms with van der Waals surface area (Å²) in [6.07, 6.45) is 1.64. The summed E-state index contributed by atoms with van der Waals surface area (Å²) >= 11 is 4.49. The number of benzene rings is 4. The molecule has 7 rings (SSSR count). The van der Waals surface area contributed by atoms with Crippen LogP contribution in [0.3, 0.4) is 0 Å². The summed E-state index contributed by atoms with van der Waals surface area (Å²) in [5, 5.41) is 5.83. The van der Waals surface area contributed by atoms with Crippen LogP contribution < -0.4 is 24.5 Å². The van der Waals surface area contributed by atoms with Crippen LogP contribution in [0.15, 0.2) is 93.2 Å². The highest BCUT2D eigenvalue weighted by Crippen LogP contribution is 2.35. The molecule has 4 aromatic carbocycles. The molecule has 11 heteroatoms. The van der Waals surface area contributed by atoms with Crippen LogP contribution in [0.5, 0.6) is 23.0 Å². The van der Waals surface area contributed by atoms with E-state index in [1.165, 1.54) is 4.68 Å². The Morgan fingerprint density at radius 1 is 0.953 bits per heavy atom. The van der Waals surface area contributed by atoms with E-state index in [0.717, 1.165) is 40.9 Å². The van der Waals surface area contributed by atoms with Crippen LogP contribution in [0, 0.1) is 7.14 Å². The number of para-hydroxylation sites is 1. The van der Waals surface area contributed by atoms with Gasteiger partial charge in [-0.05, 0) is 111 Å². The van der Waals surface area contributed by atoms with E-state index in [0.29, 0.717) is 34.6 Å². The Kier molecular flexibility index (Phi) is 7.43. The Morgan fingerprint density at radius 3 is 2.60 bits per heavy atom. The highest BCUT2D eigenvalue weighted by molar-refractivity contribution is 14.1. The predicted molar refractivity (Wildman–Crippen MR) is 180 cm³/mol. The minimum Gasteiger partial charge on any atom is -0.496 e. The first-order chi connectivity index (χ1) is 21.0. The quantitative estimate of drug-likeness (QED) is 0.124. The van der Waals surface area contributed by atoms with Gasteiger partial charge in [0.15, 0.2) is 17.3 Å². The zero-order valence-corrected chi connectivity index (χ0v) is 26.9. The highest BCUT2D eigenvalue weighted by atomic mass is 127. The van der Waals surface area contributed by atoms with Gasteiger partial charge in [0.25, 0.3) is 5.56 Å². The first-order valence-electron chi connectivity index (χ1n) is 13.1. The number of ether oxygens (including phenoxy) is 4. The van der Waals surface area contributed by atoms with Crippen molar-refractivity contribution in [2.45, 2.75) is 6.61 Å². The van der Waals surface area contributed by atoms with E-state index in [-0.39, 0.29) is 18.2 Å². The van der Waals surface area contributed by atoms with E-state index >= 15 is 0 Å². The molecule has 43 heavy (non-hydrogen) atoms. The monoisotopic (exact) mass is 797 g/mol. The smallest absolute Gasteiger partial charge is 0.282 e. The fraction of sp³-hybridized carbons (Fsp3) is 0.0938. The molecule has 214 valence electrons. The van der Waals surface area contributed by atoms with Crippen LogP contribution in [0.2, 0.25) is 0 Å². The summed E-state index contributed by atoms with van der Waals surface area (Å²) in [6.45, 7) is 0.605. The molecule has 0 spiro atoms. The Labute approximate surface area is 272 Å². The molecule has 3 heterocycles. The Hall–Kier alpha value is -4.11. The number of aromatic nitrogens is 2. The molecule has 9 nitrogen and oxygen atoms in total. The molecule has 1 aliphatic heterocycles. The van der Waals surface area contributed by atoms with Gasteiger partial charge in [-0.15, -0.1) is 0 Å². The molecule has 6 aromatic rings. The molecule has 0 atom stereocenters. The summed E-state index contributed by atoms with van der Waals surface area (Å²) in [6, 6.07) is 24.2. The maximum atomic E-state index is 13.7. The van der Waals surface area contributed by atoms with Crippen molar-refractivity contribution in [2.24, 2.45) is 5.10 Å². The number of furan rings is 1. The minimum atomic E-state index is -0.308. The van der Waals surface area contributed by atoms with Crippen LogP contribution in [0.25, 0.3) is 33.5 Å². The van der Waals surface area contributed by atoms with Gasteiger partial charge >= 0.3 is 0 Å². The van der Waals surface area contributed by atoms with Gasteiger partial charge in [0.1, 0.15) is 23.7 Å². The van der Waals surface area contributed by atoms with Gasteiger partial charge in [-0.2, -0.15) is 9.78 Å². The van der Waals surface area contributed by atoms with Gasteiger partial charge in [0.05, 0.1) is 36.8 Å². The lowest BCUT2D eigenvalue weighted by Crippen LogP contribution is -2.20. The Morgan fingerprint density at radius 2 is 1.77 bits per heavy atom. The third kappa shape index (κ3) is 5.31. The molecule has 0 N–H and O–H groups in total. The molecule has 0 aliphatic carbocycles. The number of hydrogen-bond acceptors (Lipinski definition) is 8. The molecule has 0 fully saturated rings. The highest BCUT2D eigenvalue weighted by Gasteiger charge is 2.18. The predicted octanol–water partition coefficient (Wildman–Crippen LogP) is 7.22. The van der Waals surface area contributed by atoms with Crippen LogP contribution in [0.4, 0.5) is 0 Å². The Bertz CT molecular complexity index is 2100. The van der Waals surface area contributed by atoms with Gasteiger partial charge < -0.3 is 23.4 Å². The molecule has 2 aromatic heterocycles. The lowest BCUT2D eigenvalue weighted by Gasteiger charge is -2.12. The lowest BCUT2D eigenvalue weighted by molar-refractivity contribution is 0.174. The number of hydrogen-bond donors (Lipinski definition) is 0. The van der Waals surface area contributed by atoms with Gasteiger partial charge in [-0.3, -0.25) is 4.79 Å². The summed E-state index contributed by atoms with van der Waals surface area (Å²) in [7, 11) is 1.60. The van der Waals surface area contributed by atoms with Crippen molar-refractivity contribution in [1.29, 1.82) is 0 Å². The third-order valence-corrected chi connectivity index (χ3v) is 8.48. The maximum absolute atomic E-state index is 13.7. The first-order valence-corrected chi connectivity index (χ1v) is 15.3. The van der Waals surface area contributed by atoms with Gasteiger partial charge in [-0.25, -0.2) is 4.98 Å². The molecule has 1 aliphatic rings. The second kappa shape index (κ2) is 11.5. The normalized spacial score (nSPS) is 12.4. The van der Waals surface area contributed by atoms with Crippen molar-refractivity contribution in [2.75, 3.05) is 13.9 Å². The Balaban J connectivity index is 1.23. The molecular weight excluding hydrogens is 776 g/mol. The fourth-order valence-electron chi connectivity index (χ4n) is 4.82. The van der Waals surface area contributed by atoms with Crippen LogP contribution in [-0.2, 0) is 6.61 Å². The standard InChI is InChI=1S/C32H21I2N3O6/c1-39-25-7-4-8-26-21(25)14-29(43-26)31-36-24-6-3-2-5-20(24)32(38)37(31)35-15-19-11-22(33)30(23(34)12-19)40-16-18-9-10-27-28(13-18)42-17-41-27/h2-15H,16-17H2,1H3. The second-order valence-corrected chi connectivity index (χ2v) is 11.9. The number of halogens is 2. The molecule has 0 saturated carbocycles. The molecule has 0 unspecified atom stereocenters. The van der Waals surface area contributed by atoms with Crippen LogP contribution in [0.1, 0.15) is 11.1 Å². The minimum absolute atomic E-state index is 0.231. The van der Waals surface area contributed by atoms with Crippen LogP contribution >= 0.6 is 45.2 Å². The average Bonchev–Trinajstić information content (AvgIpc) is 3.67. The largest absolute Gasteiger partial charge is 0.496 e. The second-order valence-electron chi connectivity index (χ2n) is 9.59. The van der Waals surface area contributed by atoms with E-state index in [4.69, 9.17) is 28.3 Å². The first kappa shape index (κ1) is 27.7. The maximum Gasteiger partial charge on any atom is 0.282 e. The summed E-state index contributed by atoms with van der Waals surface area (Å²) in [4.78, 5) is 18.4. The van der Waals surface area contributed by atoms with E-state index in [2.05, 4.69) is 50.3 Å². The summed E-state index contributed by atoms with van der Waals surface area (Å²) in [5.74, 6) is 3.56. The zero-order valence-electron chi connectivity index (χ0n) is 22.5. The average molecular weight is 797 g/mol. The molecule has 0 saturated heterocycles. The van der Waals surface area contributed by atoms with Crippen molar-refractivity contribution in [1.82, 2.24) is 9.66 Å². The molecule has 0 amide bonds. The number of fused-ring (bicyclic) bond motifs is 3. The number of nitrogens with zero attached hydrogens (tertiary/aromatic N) is 3. The molecule has 0 bridgehead atoms. The van der Waals surface area contributed by atoms with Gasteiger partial charge in [0, 0.05) is 0 Å². The number of rotatable bonds is 7. The summed E-state index contributed by atoms with van der Waals surface area (Å²) < 4.78 is 31.8. The van der Waals surface area contributed by atoms with Crippen molar-refractivity contribution in [3.63, 3.8) is 0 Å². The molecular formula is C32H21I2N3O6. The van der Waals surface area contributed by atoms with Crippen molar-refractivity contribution < 1.29 is 23.4 Å². The summed E-state index contributed by atoms with van der Waals surface area (Å²) in [5.41, 5.74) is 2.63. The van der Waals surface area contributed by atoms with Crippen molar-refractivity contribution in [3.05, 3.63) is 107 Å². The van der Waals surface area contributed by atoms with Crippen LogP contribution in [-0.4, -0.2) is 29.8 Å². The van der Waals surface area contributed by atoms with E-state index < -0.39 is 0 Å². The van der Waals surface area contributed by atoms with Crippen molar-refractivity contribution in [3.8, 4) is 34.6 Å². The zero-order chi connectivity index (χ0) is 29.5. The SMILES string of the molecule is COc1cccc2oc(-c3nc4ccccc4c(=O)n3N=Cc3cc(I)c(OCc4ccc5c(c4)OCO5)c(I)c3)cc12. The van der Waals surface area contributed by atoms with E-state index in [1.54, 1.807) is 31.5 Å². The fourth-order valence-corrected chi connectivity index (χ4v) is 6.94. The van der Waals surface area contributed by atoms with Gasteiger partial charge in [-0.1, -0.05) is 24.3 Å².